The molecule has 0 unspecified atom stereocenters. The van der Waals surface area contributed by atoms with Crippen molar-refractivity contribution < 1.29 is 22.4 Å². The third-order valence-corrected chi connectivity index (χ3v) is 5.44. The molecule has 1 aliphatic heterocycles. The van der Waals surface area contributed by atoms with E-state index >= 15 is 0 Å². The van der Waals surface area contributed by atoms with Gasteiger partial charge in [-0.2, -0.15) is 18.4 Å². The van der Waals surface area contributed by atoms with Gasteiger partial charge in [0, 0.05) is 12.2 Å². The number of anilines is 1. The zero-order chi connectivity index (χ0) is 22.9. The molecule has 0 saturated heterocycles. The van der Waals surface area contributed by atoms with Crippen molar-refractivity contribution >= 4 is 11.7 Å². The molecule has 1 heterocycles. The van der Waals surface area contributed by atoms with Crippen LogP contribution >= 0.6 is 0 Å². The second kappa shape index (κ2) is 8.35. The molecule has 0 radical (unpaired) electrons. The van der Waals surface area contributed by atoms with Gasteiger partial charge in [-0.1, -0.05) is 36.4 Å². The summed E-state index contributed by atoms with van der Waals surface area (Å²) < 4.78 is 53.0. The van der Waals surface area contributed by atoms with E-state index in [1.54, 1.807) is 6.07 Å². The monoisotopic (exact) mass is 439 g/mol. The molecule has 4 rings (SSSR count). The van der Waals surface area contributed by atoms with Crippen molar-refractivity contribution in [3.05, 3.63) is 100 Å². The number of carbonyl (C=O) groups excluding carboxylic acids is 1. The smallest absolute Gasteiger partial charge is 0.313 e. The normalized spacial score (nSPS) is 15.6. The topological polar surface area (TPSA) is 56.1 Å². The van der Waals surface area contributed by atoms with Crippen molar-refractivity contribution in [3.63, 3.8) is 0 Å². The molecule has 3 aromatic carbocycles. The molecule has 0 spiro atoms. The minimum atomic E-state index is -4.46. The lowest BCUT2D eigenvalue weighted by atomic mass is 9.88. The molecule has 1 atom stereocenters. The Morgan fingerprint density at radius 2 is 1.78 bits per heavy atom. The number of hydrogen-bond acceptors (Lipinski definition) is 2. The lowest BCUT2D eigenvalue weighted by molar-refractivity contribution is -0.137. The summed E-state index contributed by atoms with van der Waals surface area (Å²) in [6.07, 6.45) is -3.89. The molecule has 32 heavy (non-hydrogen) atoms. The minimum absolute atomic E-state index is 0.141. The summed E-state index contributed by atoms with van der Waals surface area (Å²) in [5, 5.41) is 11.5. The number of nitriles is 1. The second-order valence-corrected chi connectivity index (χ2v) is 7.40. The molecule has 8 heteroatoms. The van der Waals surface area contributed by atoms with Crippen molar-refractivity contribution in [3.8, 4) is 6.07 Å². The fraction of sp³-hybridized carbons (Fsp3) is 0.167. The first-order valence-corrected chi connectivity index (χ1v) is 9.80. The van der Waals surface area contributed by atoms with Crippen LogP contribution in [0.15, 0.2) is 66.7 Å². The van der Waals surface area contributed by atoms with Crippen LogP contribution in [-0.4, -0.2) is 17.5 Å². The van der Waals surface area contributed by atoms with Crippen LogP contribution in [0, 0.1) is 17.1 Å². The van der Waals surface area contributed by atoms with Crippen molar-refractivity contribution in [2.24, 2.45) is 0 Å². The molecule has 162 valence electrons. The van der Waals surface area contributed by atoms with Crippen LogP contribution in [0.25, 0.3) is 0 Å². The molecule has 0 bridgehead atoms. The molecule has 0 aliphatic carbocycles. The Labute approximate surface area is 181 Å². The number of rotatable bonds is 2. The number of amides is 2. The molecule has 4 nitrogen and oxygen atoms in total. The first kappa shape index (κ1) is 21.4. The van der Waals surface area contributed by atoms with E-state index in [0.29, 0.717) is 18.5 Å². The highest BCUT2D eigenvalue weighted by molar-refractivity contribution is 5.90. The van der Waals surface area contributed by atoms with Gasteiger partial charge < -0.3 is 10.2 Å². The number of nitrogens with one attached hydrogen (secondary N) is 1. The Morgan fingerprint density at radius 1 is 1.06 bits per heavy atom. The van der Waals surface area contributed by atoms with E-state index in [9.17, 15) is 22.4 Å². The fourth-order valence-corrected chi connectivity index (χ4v) is 3.88. The maximum absolute atomic E-state index is 13.9. The number of benzene rings is 3. The number of nitrogens with zero attached hydrogens (tertiary/aromatic N) is 2. The van der Waals surface area contributed by atoms with Crippen LogP contribution in [0.3, 0.4) is 0 Å². The number of fused-ring (bicyclic) bond motifs is 1. The summed E-state index contributed by atoms with van der Waals surface area (Å²) in [7, 11) is 0. The lowest BCUT2D eigenvalue weighted by Crippen LogP contribution is -2.43. The van der Waals surface area contributed by atoms with E-state index in [4.69, 9.17) is 5.26 Å². The Bertz CT molecular complexity index is 1200. The summed E-state index contributed by atoms with van der Waals surface area (Å²) in [5.41, 5.74) is 1.63. The van der Waals surface area contributed by atoms with Crippen molar-refractivity contribution in [1.82, 2.24) is 4.90 Å². The zero-order valence-corrected chi connectivity index (χ0v) is 16.7. The molecule has 2 amide bonds. The van der Waals surface area contributed by atoms with Gasteiger partial charge in [-0.15, -0.1) is 0 Å². The third kappa shape index (κ3) is 4.14. The number of alkyl halides is 3. The van der Waals surface area contributed by atoms with Crippen LogP contribution in [0.2, 0.25) is 0 Å². The number of hydrogen-bond donors (Lipinski definition) is 1. The summed E-state index contributed by atoms with van der Waals surface area (Å²) in [6, 6.07) is 16.5. The van der Waals surface area contributed by atoms with E-state index in [1.165, 1.54) is 29.2 Å². The number of halogens is 4. The van der Waals surface area contributed by atoms with Crippen LogP contribution in [0.4, 0.5) is 28.0 Å². The SMILES string of the molecule is N#Cc1ccc(NC(=O)N2CCc3ccccc3[C@H]2c2ccc(C(F)(F)F)cc2)cc1F. The molecule has 0 aromatic heterocycles. The fourth-order valence-electron chi connectivity index (χ4n) is 3.88. The Hall–Kier alpha value is -3.86. The van der Waals surface area contributed by atoms with Gasteiger partial charge in [0.05, 0.1) is 17.2 Å². The van der Waals surface area contributed by atoms with Crippen LogP contribution in [0.1, 0.15) is 33.9 Å². The van der Waals surface area contributed by atoms with Crippen molar-refractivity contribution in [2.45, 2.75) is 18.6 Å². The molecule has 1 N–H and O–H groups in total. The zero-order valence-electron chi connectivity index (χ0n) is 16.7. The van der Waals surface area contributed by atoms with Crippen molar-refractivity contribution in [2.75, 3.05) is 11.9 Å². The van der Waals surface area contributed by atoms with E-state index in [2.05, 4.69) is 5.32 Å². The average Bonchev–Trinajstić information content (AvgIpc) is 2.78. The van der Waals surface area contributed by atoms with Gasteiger partial charge in [-0.25, -0.2) is 9.18 Å². The number of carbonyl (C=O) groups is 1. The maximum atomic E-state index is 13.9. The summed E-state index contributed by atoms with van der Waals surface area (Å²) in [5.74, 6) is -0.756. The quantitative estimate of drug-likeness (QED) is 0.506. The summed E-state index contributed by atoms with van der Waals surface area (Å²) in [6.45, 7) is 0.327. The number of urea groups is 1. The van der Waals surface area contributed by atoms with Crippen LogP contribution < -0.4 is 5.32 Å². The Kier molecular flexibility index (Phi) is 5.57. The first-order valence-electron chi connectivity index (χ1n) is 9.80. The predicted octanol–water partition coefficient (Wildman–Crippen LogP) is 5.90. The minimum Gasteiger partial charge on any atom is -0.313 e. The Balaban J connectivity index is 1.68. The van der Waals surface area contributed by atoms with Gasteiger partial charge in [0.25, 0.3) is 0 Å². The van der Waals surface area contributed by atoms with Crippen LogP contribution in [-0.2, 0) is 12.6 Å². The highest BCUT2D eigenvalue weighted by Gasteiger charge is 2.34. The molecular weight excluding hydrogens is 422 g/mol. The van der Waals surface area contributed by atoms with Crippen LogP contribution in [0.5, 0.6) is 0 Å². The highest BCUT2D eigenvalue weighted by Crippen LogP contribution is 2.37. The van der Waals surface area contributed by atoms with E-state index in [1.807, 2.05) is 24.3 Å². The van der Waals surface area contributed by atoms with Gasteiger partial charge in [0.1, 0.15) is 11.9 Å². The summed E-state index contributed by atoms with van der Waals surface area (Å²) >= 11 is 0. The molecular formula is C24H17F4N3O. The van der Waals surface area contributed by atoms with E-state index in [-0.39, 0.29) is 11.3 Å². The molecule has 1 aliphatic rings. The molecule has 3 aromatic rings. The van der Waals surface area contributed by atoms with Gasteiger partial charge in [0.2, 0.25) is 0 Å². The summed E-state index contributed by atoms with van der Waals surface area (Å²) in [4.78, 5) is 14.6. The third-order valence-electron chi connectivity index (χ3n) is 5.44. The molecule has 0 saturated carbocycles. The Morgan fingerprint density at radius 3 is 2.44 bits per heavy atom. The standard InChI is InChI=1S/C24H17F4N3O/c25-21-13-19(10-7-17(21)14-29)30-23(32)31-12-11-15-3-1-2-4-20(15)22(31)16-5-8-18(9-6-16)24(26,27)28/h1-10,13,22H,11-12H2,(H,30,32)/t22-/m1/s1. The van der Waals surface area contributed by atoms with E-state index < -0.39 is 29.6 Å². The van der Waals surface area contributed by atoms with Gasteiger partial charge in [-0.3, -0.25) is 0 Å². The van der Waals surface area contributed by atoms with Crippen molar-refractivity contribution in [1.29, 1.82) is 5.26 Å². The lowest BCUT2D eigenvalue weighted by Gasteiger charge is -2.37. The first-order chi connectivity index (χ1) is 15.3. The maximum Gasteiger partial charge on any atom is 0.416 e. The van der Waals surface area contributed by atoms with Gasteiger partial charge in [-0.05, 0) is 53.4 Å². The predicted molar refractivity (Wildman–Crippen MR) is 110 cm³/mol. The van der Waals surface area contributed by atoms with E-state index in [0.717, 1.165) is 29.3 Å². The second-order valence-electron chi connectivity index (χ2n) is 7.40. The van der Waals surface area contributed by atoms with Gasteiger partial charge in [0.15, 0.2) is 0 Å². The van der Waals surface area contributed by atoms with Gasteiger partial charge >= 0.3 is 12.2 Å². The highest BCUT2D eigenvalue weighted by atomic mass is 19.4. The average molecular weight is 439 g/mol. The largest absolute Gasteiger partial charge is 0.416 e. The molecule has 0 fully saturated rings.